The number of hydrogen-bond acceptors (Lipinski definition) is 5. The Kier molecular flexibility index (Phi) is 4.91. The zero-order valence-corrected chi connectivity index (χ0v) is 10.8. The van der Waals surface area contributed by atoms with Crippen LogP contribution >= 0.6 is 0 Å². The first-order valence-corrected chi connectivity index (χ1v) is 5.92. The maximum atomic E-state index is 11.8. The van der Waals surface area contributed by atoms with Gasteiger partial charge in [-0.25, -0.2) is 0 Å². The molecule has 0 amide bonds. The Morgan fingerprint density at radius 2 is 1.89 bits per heavy atom. The molecular formula is C14H14N2O3. The SMILES string of the molecule is CCOC(=O)[C@@H](CC)c1cc(C#N)c(C#N)cc1O. The fraction of sp³-hybridized carbons (Fsp3) is 0.357. The van der Waals surface area contributed by atoms with Crippen molar-refractivity contribution in [1.29, 1.82) is 10.5 Å². The first-order valence-electron chi connectivity index (χ1n) is 5.92. The summed E-state index contributed by atoms with van der Waals surface area (Å²) in [5.41, 5.74) is 0.539. The molecule has 5 nitrogen and oxygen atoms in total. The summed E-state index contributed by atoms with van der Waals surface area (Å²) in [6, 6.07) is 6.28. The fourth-order valence-electron chi connectivity index (χ4n) is 1.83. The lowest BCUT2D eigenvalue weighted by molar-refractivity contribution is -0.145. The molecule has 1 atom stereocenters. The molecule has 0 bridgehead atoms. The Morgan fingerprint density at radius 1 is 1.32 bits per heavy atom. The van der Waals surface area contributed by atoms with Gasteiger partial charge in [0.15, 0.2) is 0 Å². The van der Waals surface area contributed by atoms with Gasteiger partial charge in [-0.3, -0.25) is 4.79 Å². The van der Waals surface area contributed by atoms with Crippen LogP contribution in [0.2, 0.25) is 0 Å². The van der Waals surface area contributed by atoms with Crippen LogP contribution in [0, 0.1) is 22.7 Å². The van der Waals surface area contributed by atoms with Crippen LogP contribution in [0.25, 0.3) is 0 Å². The molecule has 0 radical (unpaired) electrons. The molecule has 0 saturated heterocycles. The van der Waals surface area contributed by atoms with Crippen LogP contribution in [-0.4, -0.2) is 17.7 Å². The Hall–Kier alpha value is -2.53. The summed E-state index contributed by atoms with van der Waals surface area (Å²) in [4.78, 5) is 11.8. The molecular weight excluding hydrogens is 244 g/mol. The first-order chi connectivity index (χ1) is 9.08. The number of nitrogens with zero attached hydrogens (tertiary/aromatic N) is 2. The number of nitriles is 2. The van der Waals surface area contributed by atoms with E-state index in [0.717, 1.165) is 0 Å². The van der Waals surface area contributed by atoms with Gasteiger partial charge in [0, 0.05) is 5.56 Å². The first kappa shape index (κ1) is 14.5. The van der Waals surface area contributed by atoms with Gasteiger partial charge in [0.2, 0.25) is 0 Å². The minimum Gasteiger partial charge on any atom is -0.508 e. The van der Waals surface area contributed by atoms with Crippen LogP contribution < -0.4 is 0 Å². The summed E-state index contributed by atoms with van der Waals surface area (Å²) in [6.07, 6.45) is 0.434. The van der Waals surface area contributed by atoms with Gasteiger partial charge in [0.25, 0.3) is 0 Å². The molecule has 0 fully saturated rings. The van der Waals surface area contributed by atoms with Gasteiger partial charge in [-0.1, -0.05) is 6.92 Å². The number of phenolic OH excluding ortho intramolecular Hbond substituents is 1. The highest BCUT2D eigenvalue weighted by atomic mass is 16.5. The van der Waals surface area contributed by atoms with Gasteiger partial charge < -0.3 is 9.84 Å². The van der Waals surface area contributed by atoms with Crippen LogP contribution in [-0.2, 0) is 9.53 Å². The topological polar surface area (TPSA) is 94.1 Å². The zero-order chi connectivity index (χ0) is 14.4. The van der Waals surface area contributed by atoms with Crippen molar-refractivity contribution in [2.24, 2.45) is 0 Å². The third kappa shape index (κ3) is 3.02. The van der Waals surface area contributed by atoms with Gasteiger partial charge in [-0.15, -0.1) is 0 Å². The molecule has 0 aliphatic heterocycles. The van der Waals surface area contributed by atoms with Crippen molar-refractivity contribution in [3.8, 4) is 17.9 Å². The van der Waals surface area contributed by atoms with Crippen molar-refractivity contribution < 1.29 is 14.6 Å². The van der Waals surface area contributed by atoms with E-state index in [1.54, 1.807) is 13.8 Å². The molecule has 5 heteroatoms. The van der Waals surface area contributed by atoms with E-state index in [1.807, 2.05) is 12.1 Å². The number of aromatic hydroxyl groups is 1. The van der Waals surface area contributed by atoms with Crippen LogP contribution in [0.3, 0.4) is 0 Å². The van der Waals surface area contributed by atoms with Crippen LogP contribution in [0.5, 0.6) is 5.75 Å². The Morgan fingerprint density at radius 3 is 2.37 bits per heavy atom. The van der Waals surface area contributed by atoms with Gasteiger partial charge >= 0.3 is 5.97 Å². The Bertz CT molecular complexity index is 567. The van der Waals surface area contributed by atoms with Crippen molar-refractivity contribution >= 4 is 5.97 Å². The van der Waals surface area contributed by atoms with Crippen LogP contribution in [0.4, 0.5) is 0 Å². The lowest BCUT2D eigenvalue weighted by Crippen LogP contribution is -2.15. The largest absolute Gasteiger partial charge is 0.508 e. The summed E-state index contributed by atoms with van der Waals surface area (Å²) in [5, 5.41) is 27.7. The smallest absolute Gasteiger partial charge is 0.313 e. The van der Waals surface area contributed by atoms with E-state index in [-0.39, 0.29) is 23.5 Å². The van der Waals surface area contributed by atoms with Crippen LogP contribution in [0.15, 0.2) is 12.1 Å². The number of hydrogen-bond donors (Lipinski definition) is 1. The van der Waals surface area contributed by atoms with E-state index in [9.17, 15) is 9.90 Å². The normalized spacial score (nSPS) is 11.2. The van der Waals surface area contributed by atoms with Crippen molar-refractivity contribution in [1.82, 2.24) is 0 Å². The maximum absolute atomic E-state index is 11.8. The molecule has 1 aromatic rings. The van der Waals surface area contributed by atoms with E-state index in [2.05, 4.69) is 0 Å². The van der Waals surface area contributed by atoms with E-state index < -0.39 is 11.9 Å². The van der Waals surface area contributed by atoms with E-state index in [4.69, 9.17) is 15.3 Å². The second-order valence-electron chi connectivity index (χ2n) is 3.89. The van der Waals surface area contributed by atoms with Gasteiger partial charge in [-0.05, 0) is 25.5 Å². The average molecular weight is 258 g/mol. The lowest BCUT2D eigenvalue weighted by atomic mass is 9.92. The van der Waals surface area contributed by atoms with Crippen molar-refractivity contribution in [2.45, 2.75) is 26.2 Å². The number of carbonyl (C=O) groups is 1. The fourth-order valence-corrected chi connectivity index (χ4v) is 1.83. The highest BCUT2D eigenvalue weighted by molar-refractivity contribution is 5.79. The predicted octanol–water partition coefficient (Wildman–Crippen LogP) is 2.19. The Balaban J connectivity index is 3.30. The molecule has 0 aliphatic rings. The summed E-state index contributed by atoms with van der Waals surface area (Å²) in [7, 11) is 0. The van der Waals surface area contributed by atoms with E-state index >= 15 is 0 Å². The average Bonchev–Trinajstić information content (AvgIpc) is 2.41. The minimum absolute atomic E-state index is 0.0856. The maximum Gasteiger partial charge on any atom is 0.313 e. The molecule has 0 aromatic heterocycles. The third-order valence-electron chi connectivity index (χ3n) is 2.76. The molecule has 1 N–H and O–H groups in total. The lowest BCUT2D eigenvalue weighted by Gasteiger charge is -2.15. The number of phenols is 1. The Labute approximate surface area is 111 Å². The second-order valence-corrected chi connectivity index (χ2v) is 3.89. The zero-order valence-electron chi connectivity index (χ0n) is 10.8. The molecule has 98 valence electrons. The molecule has 1 rings (SSSR count). The number of rotatable bonds is 4. The van der Waals surface area contributed by atoms with E-state index in [0.29, 0.717) is 12.0 Å². The standard InChI is InChI=1S/C14H14N2O3/c1-3-11(14(18)19-4-2)12-5-9(7-15)10(8-16)6-13(12)17/h5-6,11,17H,3-4H2,1-2H3/t11-/m0/s1. The number of benzene rings is 1. The quantitative estimate of drug-likeness (QED) is 0.835. The van der Waals surface area contributed by atoms with Gasteiger partial charge in [0.05, 0.1) is 23.7 Å². The monoisotopic (exact) mass is 258 g/mol. The molecule has 0 saturated carbocycles. The molecule has 0 heterocycles. The van der Waals surface area contributed by atoms with Gasteiger partial charge in [0.1, 0.15) is 17.9 Å². The minimum atomic E-state index is -0.639. The van der Waals surface area contributed by atoms with Crippen LogP contribution in [0.1, 0.15) is 42.9 Å². The molecule has 0 aliphatic carbocycles. The van der Waals surface area contributed by atoms with Crippen molar-refractivity contribution in [3.63, 3.8) is 0 Å². The molecule has 19 heavy (non-hydrogen) atoms. The third-order valence-corrected chi connectivity index (χ3v) is 2.76. The summed E-state index contributed by atoms with van der Waals surface area (Å²) in [5.74, 6) is -1.26. The second kappa shape index (κ2) is 6.42. The highest BCUT2D eigenvalue weighted by Gasteiger charge is 2.24. The predicted molar refractivity (Wildman–Crippen MR) is 67.2 cm³/mol. The molecule has 1 aromatic carbocycles. The highest BCUT2D eigenvalue weighted by Crippen LogP contribution is 2.31. The van der Waals surface area contributed by atoms with E-state index in [1.165, 1.54) is 12.1 Å². The number of ether oxygens (including phenoxy) is 1. The summed E-state index contributed by atoms with van der Waals surface area (Å²) < 4.78 is 4.94. The summed E-state index contributed by atoms with van der Waals surface area (Å²) in [6.45, 7) is 3.73. The number of carbonyl (C=O) groups excluding carboxylic acids is 1. The van der Waals surface area contributed by atoms with Crippen molar-refractivity contribution in [3.05, 3.63) is 28.8 Å². The number of esters is 1. The molecule has 0 unspecified atom stereocenters. The van der Waals surface area contributed by atoms with Crippen molar-refractivity contribution in [2.75, 3.05) is 6.61 Å². The summed E-state index contributed by atoms with van der Waals surface area (Å²) >= 11 is 0. The molecule has 0 spiro atoms. The van der Waals surface area contributed by atoms with Gasteiger partial charge in [-0.2, -0.15) is 10.5 Å².